The maximum Gasteiger partial charge on any atom is 0.243 e. The Hall–Kier alpha value is -2.75. The number of hydrogen-bond acceptors (Lipinski definition) is 6. The van der Waals surface area contributed by atoms with Crippen LogP contribution in [0.2, 0.25) is 0 Å². The maximum absolute atomic E-state index is 13.1. The van der Waals surface area contributed by atoms with Crippen LogP contribution in [-0.4, -0.2) is 70.7 Å². The van der Waals surface area contributed by atoms with Gasteiger partial charge in [0, 0.05) is 38.5 Å². The molecule has 2 rings (SSSR count). The molecule has 0 atom stereocenters. The van der Waals surface area contributed by atoms with Gasteiger partial charge in [-0.1, -0.05) is 12.1 Å². The van der Waals surface area contributed by atoms with Crippen molar-refractivity contribution in [1.29, 1.82) is 0 Å². The SMILES string of the molecule is COc1cc(C)c(S(=O)(=O)N(C)CCC(=O)Cc2ccc(NC(=O)CCCN(C)C)cc2)c(C)c1. The molecule has 0 radical (unpaired) electrons. The van der Waals surface area contributed by atoms with E-state index in [9.17, 15) is 18.0 Å². The van der Waals surface area contributed by atoms with Crippen molar-refractivity contribution in [2.24, 2.45) is 0 Å². The lowest BCUT2D eigenvalue weighted by Crippen LogP contribution is -2.30. The van der Waals surface area contributed by atoms with Crippen LogP contribution in [0, 0.1) is 13.8 Å². The number of aryl methyl sites for hydroxylation is 2. The highest BCUT2D eigenvalue weighted by atomic mass is 32.2. The molecule has 1 amide bonds. The Balaban J connectivity index is 1.90. The molecule has 0 saturated heterocycles. The molecular formula is C26H37N3O5S. The molecule has 0 aliphatic carbocycles. The zero-order valence-corrected chi connectivity index (χ0v) is 22.4. The van der Waals surface area contributed by atoms with Gasteiger partial charge in [-0.05, 0) is 81.9 Å². The summed E-state index contributed by atoms with van der Waals surface area (Å²) >= 11 is 0. The number of sulfonamides is 1. The van der Waals surface area contributed by atoms with Gasteiger partial charge in [-0.15, -0.1) is 0 Å². The second-order valence-electron chi connectivity index (χ2n) is 9.03. The Morgan fingerprint density at radius 3 is 2.09 bits per heavy atom. The van der Waals surface area contributed by atoms with Gasteiger partial charge in [-0.3, -0.25) is 9.59 Å². The minimum atomic E-state index is -3.74. The van der Waals surface area contributed by atoms with Gasteiger partial charge >= 0.3 is 0 Å². The fourth-order valence-corrected chi connectivity index (χ4v) is 5.37. The molecule has 2 aromatic rings. The predicted molar refractivity (Wildman–Crippen MR) is 138 cm³/mol. The van der Waals surface area contributed by atoms with E-state index in [1.54, 1.807) is 50.2 Å². The first-order chi connectivity index (χ1) is 16.4. The summed E-state index contributed by atoms with van der Waals surface area (Å²) in [6, 6.07) is 10.5. The van der Waals surface area contributed by atoms with Gasteiger partial charge in [-0.2, -0.15) is 0 Å². The van der Waals surface area contributed by atoms with Crippen molar-refractivity contribution >= 4 is 27.4 Å². The summed E-state index contributed by atoms with van der Waals surface area (Å²) in [4.78, 5) is 26.8. The van der Waals surface area contributed by atoms with Crippen molar-refractivity contribution in [1.82, 2.24) is 9.21 Å². The Labute approximate surface area is 209 Å². The van der Waals surface area contributed by atoms with Gasteiger partial charge in [0.25, 0.3) is 0 Å². The molecule has 8 nitrogen and oxygen atoms in total. The molecule has 0 saturated carbocycles. The largest absolute Gasteiger partial charge is 0.497 e. The number of anilines is 1. The van der Waals surface area contributed by atoms with Crippen LogP contribution in [0.25, 0.3) is 0 Å². The van der Waals surface area contributed by atoms with E-state index in [-0.39, 0.29) is 36.0 Å². The Bertz CT molecular complexity index is 1110. The summed E-state index contributed by atoms with van der Waals surface area (Å²) in [7, 11) is 3.23. The van der Waals surface area contributed by atoms with Crippen molar-refractivity contribution in [3.05, 3.63) is 53.1 Å². The van der Waals surface area contributed by atoms with Gasteiger partial charge in [0.05, 0.1) is 12.0 Å². The van der Waals surface area contributed by atoms with Gasteiger partial charge in [0.2, 0.25) is 15.9 Å². The van der Waals surface area contributed by atoms with E-state index in [2.05, 4.69) is 5.32 Å². The molecule has 0 aromatic heterocycles. The molecule has 0 unspecified atom stereocenters. The number of benzene rings is 2. The van der Waals surface area contributed by atoms with E-state index < -0.39 is 10.0 Å². The Morgan fingerprint density at radius 2 is 1.54 bits per heavy atom. The van der Waals surface area contributed by atoms with Crippen LogP contribution in [0.3, 0.4) is 0 Å². The van der Waals surface area contributed by atoms with Crippen LogP contribution < -0.4 is 10.1 Å². The zero-order valence-electron chi connectivity index (χ0n) is 21.6. The zero-order chi connectivity index (χ0) is 26.2. The number of ketones is 1. The monoisotopic (exact) mass is 503 g/mol. The second kappa shape index (κ2) is 12.8. The number of methoxy groups -OCH3 is 1. The molecule has 9 heteroatoms. The summed E-state index contributed by atoms with van der Waals surface area (Å²) in [5, 5.41) is 2.86. The van der Waals surface area contributed by atoms with Crippen LogP contribution in [0.15, 0.2) is 41.3 Å². The molecule has 0 aliphatic heterocycles. The van der Waals surface area contributed by atoms with Gasteiger partial charge < -0.3 is 15.0 Å². The minimum absolute atomic E-state index is 0.0396. The lowest BCUT2D eigenvalue weighted by atomic mass is 10.1. The van der Waals surface area contributed by atoms with E-state index in [1.807, 2.05) is 19.0 Å². The molecule has 0 fully saturated rings. The van der Waals surface area contributed by atoms with E-state index in [1.165, 1.54) is 18.5 Å². The topological polar surface area (TPSA) is 96.0 Å². The van der Waals surface area contributed by atoms with E-state index >= 15 is 0 Å². The highest BCUT2D eigenvalue weighted by Gasteiger charge is 2.25. The van der Waals surface area contributed by atoms with E-state index in [4.69, 9.17) is 4.74 Å². The molecule has 1 N–H and O–H groups in total. The number of hydrogen-bond donors (Lipinski definition) is 1. The maximum atomic E-state index is 13.1. The number of nitrogens with zero attached hydrogens (tertiary/aromatic N) is 2. The summed E-state index contributed by atoms with van der Waals surface area (Å²) in [6.07, 6.45) is 1.54. The predicted octanol–water partition coefficient (Wildman–Crippen LogP) is 3.41. The first kappa shape index (κ1) is 28.5. The molecular weight excluding hydrogens is 466 g/mol. The number of amides is 1. The molecule has 0 spiro atoms. The molecule has 2 aromatic carbocycles. The first-order valence-corrected chi connectivity index (χ1v) is 13.0. The smallest absolute Gasteiger partial charge is 0.243 e. The van der Waals surface area contributed by atoms with Gasteiger partial charge in [0.15, 0.2) is 0 Å². The third-order valence-electron chi connectivity index (χ3n) is 5.69. The fourth-order valence-electron chi connectivity index (χ4n) is 3.79. The third-order valence-corrected chi connectivity index (χ3v) is 7.85. The summed E-state index contributed by atoms with van der Waals surface area (Å²) in [5.74, 6) is 0.504. The molecule has 0 aliphatic rings. The van der Waals surface area contributed by atoms with Gasteiger partial charge in [0.1, 0.15) is 11.5 Å². The summed E-state index contributed by atoms with van der Waals surface area (Å²) in [6.45, 7) is 4.41. The third kappa shape index (κ3) is 8.45. The first-order valence-electron chi connectivity index (χ1n) is 11.6. The standard InChI is InChI=1S/C26H37N3O5S/c1-19-16-24(34-6)17-20(2)26(19)35(32,33)29(5)15-13-23(30)18-21-9-11-22(12-10-21)27-25(31)8-7-14-28(3)4/h9-12,16-17H,7-8,13-15,18H2,1-6H3,(H,27,31). The number of carbonyl (C=O) groups is 2. The van der Waals surface area contributed by atoms with Crippen molar-refractivity contribution in [2.45, 2.75) is 44.4 Å². The minimum Gasteiger partial charge on any atom is -0.497 e. The van der Waals surface area contributed by atoms with Crippen LogP contribution >= 0.6 is 0 Å². The van der Waals surface area contributed by atoms with Crippen LogP contribution in [0.1, 0.15) is 36.0 Å². The number of nitrogens with one attached hydrogen (secondary N) is 1. The Morgan fingerprint density at radius 1 is 0.943 bits per heavy atom. The van der Waals surface area contributed by atoms with Crippen LogP contribution in [0.4, 0.5) is 5.69 Å². The van der Waals surface area contributed by atoms with Gasteiger partial charge in [-0.25, -0.2) is 12.7 Å². The summed E-state index contributed by atoms with van der Waals surface area (Å²) < 4.78 is 32.6. The van der Waals surface area contributed by atoms with Crippen molar-refractivity contribution in [3.8, 4) is 5.75 Å². The van der Waals surface area contributed by atoms with Crippen molar-refractivity contribution in [2.75, 3.05) is 46.7 Å². The number of Topliss-reactive ketones (excluding diaryl/α,β-unsaturated/α-hetero) is 1. The number of rotatable bonds is 13. The molecule has 35 heavy (non-hydrogen) atoms. The fraction of sp³-hybridized carbons (Fsp3) is 0.462. The van der Waals surface area contributed by atoms with E-state index in [0.29, 0.717) is 29.0 Å². The lowest BCUT2D eigenvalue weighted by molar-refractivity contribution is -0.118. The second-order valence-corrected chi connectivity index (χ2v) is 11.0. The average molecular weight is 504 g/mol. The highest BCUT2D eigenvalue weighted by molar-refractivity contribution is 7.89. The van der Waals surface area contributed by atoms with Crippen LogP contribution in [0.5, 0.6) is 5.75 Å². The average Bonchev–Trinajstić information content (AvgIpc) is 2.77. The lowest BCUT2D eigenvalue weighted by Gasteiger charge is -2.20. The molecule has 192 valence electrons. The van der Waals surface area contributed by atoms with Crippen LogP contribution in [-0.2, 0) is 26.0 Å². The molecule has 0 bridgehead atoms. The quantitative estimate of drug-likeness (QED) is 0.450. The molecule has 0 heterocycles. The highest BCUT2D eigenvalue weighted by Crippen LogP contribution is 2.27. The summed E-state index contributed by atoms with van der Waals surface area (Å²) in [5.41, 5.74) is 2.70. The van der Waals surface area contributed by atoms with Crippen molar-refractivity contribution < 1.29 is 22.7 Å². The Kier molecular flexibility index (Phi) is 10.4. The number of carbonyl (C=O) groups excluding carboxylic acids is 2. The van der Waals surface area contributed by atoms with Crippen molar-refractivity contribution in [3.63, 3.8) is 0 Å². The van der Waals surface area contributed by atoms with E-state index in [0.717, 1.165) is 18.5 Å². The normalized spacial score (nSPS) is 11.7. The number of ether oxygens (including phenoxy) is 1.